The largest absolute Gasteiger partial charge is 4.00 e. The summed E-state index contributed by atoms with van der Waals surface area (Å²) >= 11 is 0. The normalized spacial score (nSPS) is 28.0. The summed E-state index contributed by atoms with van der Waals surface area (Å²) in [6.07, 6.45) is 26.1. The smallest absolute Gasteiger partial charge is 1.00 e. The van der Waals surface area contributed by atoms with Crippen molar-refractivity contribution < 1.29 is 40.0 Å². The van der Waals surface area contributed by atoms with Crippen LogP contribution >= 0.6 is 0 Å². The first kappa shape index (κ1) is 17.9. The van der Waals surface area contributed by atoms with E-state index in [-0.39, 0.29) is 40.0 Å². The summed E-state index contributed by atoms with van der Waals surface area (Å²) in [6, 6.07) is 0. The molecule has 2 heteroatoms. The van der Waals surface area contributed by atoms with Crippen LogP contribution in [-0.2, 0) is 26.2 Å². The summed E-state index contributed by atoms with van der Waals surface area (Å²) in [5, 5.41) is 0. The van der Waals surface area contributed by atoms with Gasteiger partial charge in [0.25, 0.3) is 0 Å². The number of hydrogen-bond donors (Lipinski definition) is 0. The zero-order chi connectivity index (χ0) is 12.2. The van der Waals surface area contributed by atoms with Crippen molar-refractivity contribution in [2.75, 3.05) is 0 Å². The third-order valence-electron chi connectivity index (χ3n) is 4.42. The molecule has 4 aliphatic rings. The van der Waals surface area contributed by atoms with Gasteiger partial charge in [0.15, 0.2) is 0 Å². The topological polar surface area (TPSA) is 0 Å². The quantitative estimate of drug-likeness (QED) is 0.576. The third-order valence-corrected chi connectivity index (χ3v) is 4.42. The van der Waals surface area contributed by atoms with E-state index in [4.69, 9.17) is 0 Å². The fourth-order valence-corrected chi connectivity index (χ4v) is 3.33. The molecular weight excluding hydrogens is 343 g/mol. The van der Waals surface area contributed by atoms with Crippen LogP contribution in [0.2, 0.25) is 0 Å². The number of allylic oxidation sites excluding steroid dienone is 8. The molecule has 106 valence electrons. The Morgan fingerprint density at radius 2 is 1.30 bits per heavy atom. The molecule has 0 aliphatic heterocycles. The number of hydrogen-bond acceptors (Lipinski definition) is 0. The number of rotatable bonds is 0. The zero-order valence-electron chi connectivity index (χ0n) is 12.9. The number of halogens is 1. The van der Waals surface area contributed by atoms with Crippen molar-refractivity contribution in [2.24, 2.45) is 11.8 Å². The molecule has 2 fully saturated rings. The Hall–Kier alpha value is -0.127. The second-order valence-corrected chi connectivity index (χ2v) is 5.62. The minimum Gasteiger partial charge on any atom is -1.00 e. The van der Waals surface area contributed by atoms with Crippen molar-refractivity contribution in [3.05, 3.63) is 60.4 Å². The van der Waals surface area contributed by atoms with Crippen LogP contribution in [0.3, 0.4) is 0 Å². The van der Waals surface area contributed by atoms with Gasteiger partial charge in [-0.2, -0.15) is 0 Å². The molecule has 20 heavy (non-hydrogen) atoms. The van der Waals surface area contributed by atoms with Gasteiger partial charge >= 0.3 is 26.2 Å². The Balaban J connectivity index is 0.000000333. The van der Waals surface area contributed by atoms with Crippen molar-refractivity contribution in [3.63, 3.8) is 0 Å². The van der Waals surface area contributed by atoms with Crippen LogP contribution in [0.25, 0.3) is 0 Å². The third kappa shape index (κ3) is 4.43. The van der Waals surface area contributed by atoms with E-state index in [0.717, 1.165) is 11.8 Å². The molecule has 0 radical (unpaired) electrons. The summed E-state index contributed by atoms with van der Waals surface area (Å²) in [6.45, 7) is 0. The fraction of sp³-hybridized carbons (Fsp3) is 0.444. The summed E-state index contributed by atoms with van der Waals surface area (Å²) < 4.78 is 0. The molecule has 0 nitrogen and oxygen atoms in total. The average Bonchev–Trinajstić information content (AvgIpc) is 3.08. The maximum atomic E-state index is 2.37. The molecule has 2 unspecified atom stereocenters. The van der Waals surface area contributed by atoms with Crippen LogP contribution in [0.4, 0.5) is 0 Å². The maximum Gasteiger partial charge on any atom is 4.00 e. The molecule has 4 rings (SSSR count). The van der Waals surface area contributed by atoms with Gasteiger partial charge in [0, 0.05) is 0 Å². The van der Waals surface area contributed by atoms with Gasteiger partial charge in [-0.1, -0.05) is 12.8 Å². The molecule has 4 aliphatic carbocycles. The van der Waals surface area contributed by atoms with Gasteiger partial charge in [-0.15, -0.1) is 37.1 Å². The van der Waals surface area contributed by atoms with E-state index in [1.807, 2.05) is 0 Å². The van der Waals surface area contributed by atoms with Crippen LogP contribution in [-0.4, -0.2) is 0 Å². The minimum atomic E-state index is 0. The summed E-state index contributed by atoms with van der Waals surface area (Å²) in [5.41, 5.74) is 3.16. The summed E-state index contributed by atoms with van der Waals surface area (Å²) in [7, 11) is 0. The molecule has 2 atom stereocenters. The van der Waals surface area contributed by atoms with E-state index in [0.29, 0.717) is 0 Å². The molecule has 0 aromatic rings. The van der Waals surface area contributed by atoms with Crippen molar-refractivity contribution in [2.45, 2.75) is 38.5 Å². The van der Waals surface area contributed by atoms with Gasteiger partial charge in [0.1, 0.15) is 0 Å². The van der Waals surface area contributed by atoms with Crippen molar-refractivity contribution >= 4 is 0 Å². The first-order chi connectivity index (χ1) is 8.93. The molecule has 2 saturated carbocycles. The Bertz CT molecular complexity index is 383. The molecule has 0 heterocycles. The molecule has 0 aromatic heterocycles. The standard InChI is InChI=1S/2C9H11.ClH.Zr.H/c2*1-2-5-9-7-3-6-8(9)4-1;;;/h2*1-2,4,6,9H,3,5,7H2;1H;;/q2*-1;;+4;-1/p-1. The Labute approximate surface area is 150 Å². The zero-order valence-corrected chi connectivity index (χ0v) is 15.1. The van der Waals surface area contributed by atoms with Gasteiger partial charge < -0.3 is 13.8 Å². The predicted octanol–water partition coefficient (Wildman–Crippen LogP) is 2.09. The second-order valence-electron chi connectivity index (χ2n) is 5.62. The van der Waals surface area contributed by atoms with Crippen molar-refractivity contribution in [3.8, 4) is 0 Å². The van der Waals surface area contributed by atoms with Crippen LogP contribution in [0.15, 0.2) is 47.6 Å². The molecule has 0 bridgehead atoms. The van der Waals surface area contributed by atoms with E-state index < -0.39 is 0 Å². The van der Waals surface area contributed by atoms with Gasteiger partial charge in [0.05, 0.1) is 0 Å². The first-order valence-corrected chi connectivity index (χ1v) is 7.33. The Morgan fingerprint density at radius 1 is 0.850 bits per heavy atom. The van der Waals surface area contributed by atoms with Crippen molar-refractivity contribution in [1.29, 1.82) is 0 Å². The SMILES string of the molecule is C1=CCC2CC[CH-]C2=C1.C1=CCC2CC[CH-]C2=C1.[Cl-].[H-].[Zr+4]. The Kier molecular flexibility index (Phi) is 8.07. The van der Waals surface area contributed by atoms with E-state index in [1.54, 1.807) is 11.1 Å². The monoisotopic (exact) mass is 364 g/mol. The van der Waals surface area contributed by atoms with Crippen LogP contribution in [0.1, 0.15) is 40.0 Å². The van der Waals surface area contributed by atoms with Crippen LogP contribution in [0, 0.1) is 24.7 Å². The van der Waals surface area contributed by atoms with Gasteiger partial charge in [0.2, 0.25) is 0 Å². The van der Waals surface area contributed by atoms with Crippen molar-refractivity contribution in [1.82, 2.24) is 0 Å². The van der Waals surface area contributed by atoms with Gasteiger partial charge in [-0.05, 0) is 24.7 Å². The molecule has 0 saturated heterocycles. The first-order valence-electron chi connectivity index (χ1n) is 7.33. The number of fused-ring (bicyclic) bond motifs is 2. The molecular formula is C18H23ClZr. The van der Waals surface area contributed by atoms with E-state index in [1.165, 1.54) is 38.5 Å². The van der Waals surface area contributed by atoms with Crippen LogP contribution < -0.4 is 12.4 Å². The average molecular weight is 366 g/mol. The predicted molar refractivity (Wildman–Crippen MR) is 78.8 cm³/mol. The molecule has 0 N–H and O–H groups in total. The molecule has 0 amide bonds. The Morgan fingerprint density at radius 3 is 1.70 bits per heavy atom. The van der Waals surface area contributed by atoms with Gasteiger partial charge in [-0.25, -0.2) is 36.1 Å². The summed E-state index contributed by atoms with van der Waals surface area (Å²) in [4.78, 5) is 0. The second kappa shape index (κ2) is 9.01. The maximum absolute atomic E-state index is 2.37. The minimum absolute atomic E-state index is 0. The van der Waals surface area contributed by atoms with E-state index in [2.05, 4.69) is 49.3 Å². The van der Waals surface area contributed by atoms with E-state index >= 15 is 0 Å². The fourth-order valence-electron chi connectivity index (χ4n) is 3.33. The van der Waals surface area contributed by atoms with E-state index in [9.17, 15) is 0 Å². The van der Waals surface area contributed by atoms with Crippen LogP contribution in [0.5, 0.6) is 0 Å². The molecule has 0 spiro atoms. The summed E-state index contributed by atoms with van der Waals surface area (Å²) in [5.74, 6) is 1.77. The van der Waals surface area contributed by atoms with Gasteiger partial charge in [-0.3, -0.25) is 0 Å². The molecule has 0 aromatic carbocycles.